The van der Waals surface area contributed by atoms with Crippen molar-refractivity contribution in [1.29, 1.82) is 0 Å². The zero-order valence-corrected chi connectivity index (χ0v) is 16.1. The zero-order valence-electron chi connectivity index (χ0n) is 16.1. The minimum atomic E-state index is -0.568. The third-order valence-corrected chi connectivity index (χ3v) is 5.49. The number of ether oxygens (including phenoxy) is 1. The van der Waals surface area contributed by atoms with Gasteiger partial charge in [-0.25, -0.2) is 4.79 Å². The molecule has 1 amide bonds. The van der Waals surface area contributed by atoms with E-state index in [2.05, 4.69) is 5.32 Å². The molecule has 1 N–H and O–H groups in total. The van der Waals surface area contributed by atoms with E-state index in [4.69, 9.17) is 4.74 Å². The molecule has 3 rings (SSSR count). The van der Waals surface area contributed by atoms with Gasteiger partial charge in [-0.15, -0.1) is 0 Å². The van der Waals surface area contributed by atoms with Gasteiger partial charge in [0.05, 0.1) is 6.04 Å². The van der Waals surface area contributed by atoms with Crippen molar-refractivity contribution in [2.45, 2.75) is 58.1 Å². The quantitative estimate of drug-likeness (QED) is 0.882. The summed E-state index contributed by atoms with van der Waals surface area (Å²) in [6.45, 7) is 7.90. The second-order valence-electron chi connectivity index (χ2n) is 8.52. The van der Waals surface area contributed by atoms with Crippen LogP contribution in [0.25, 0.3) is 0 Å². The minimum absolute atomic E-state index is 0.208. The fourth-order valence-corrected chi connectivity index (χ4v) is 4.09. The highest BCUT2D eigenvalue weighted by molar-refractivity contribution is 5.93. The van der Waals surface area contributed by atoms with Crippen molar-refractivity contribution in [3.8, 4) is 0 Å². The molecule has 2 saturated heterocycles. The van der Waals surface area contributed by atoms with E-state index in [1.807, 2.05) is 51.1 Å². The molecule has 5 nitrogen and oxygen atoms in total. The van der Waals surface area contributed by atoms with Crippen molar-refractivity contribution in [3.05, 3.63) is 35.9 Å². The molecule has 0 aliphatic carbocycles. The number of nitrogens with one attached hydrogen (secondary N) is 1. The van der Waals surface area contributed by atoms with Crippen LogP contribution in [-0.2, 0) is 16.0 Å². The van der Waals surface area contributed by atoms with E-state index in [1.54, 1.807) is 4.90 Å². The van der Waals surface area contributed by atoms with E-state index in [1.165, 1.54) is 0 Å². The molecule has 1 aromatic rings. The first-order chi connectivity index (χ1) is 12.3. The van der Waals surface area contributed by atoms with Crippen molar-refractivity contribution < 1.29 is 14.3 Å². The summed E-state index contributed by atoms with van der Waals surface area (Å²) in [6, 6.07) is 9.50. The standard InChI is InChI=1S/C21H30N2O3/c1-20(2,3)26-19(25)23-14-11-21(9-12-22-13-10-21)18(24)17(23)15-16-7-5-4-6-8-16/h4-8,17,22H,9-15H2,1-3H3. The van der Waals surface area contributed by atoms with Crippen LogP contribution < -0.4 is 5.32 Å². The van der Waals surface area contributed by atoms with Gasteiger partial charge < -0.3 is 10.1 Å². The summed E-state index contributed by atoms with van der Waals surface area (Å²) in [7, 11) is 0. The number of benzene rings is 1. The molecule has 1 spiro atoms. The number of hydrogen-bond donors (Lipinski definition) is 1. The highest BCUT2D eigenvalue weighted by Gasteiger charge is 2.49. The first kappa shape index (κ1) is 18.9. The van der Waals surface area contributed by atoms with Crippen LogP contribution in [0.15, 0.2) is 30.3 Å². The van der Waals surface area contributed by atoms with Gasteiger partial charge in [0.1, 0.15) is 5.60 Å². The maximum absolute atomic E-state index is 13.5. The zero-order chi connectivity index (χ0) is 18.8. The Morgan fingerprint density at radius 2 is 1.85 bits per heavy atom. The number of likely N-dealkylation sites (tertiary alicyclic amines) is 1. The molecule has 1 unspecified atom stereocenters. The summed E-state index contributed by atoms with van der Waals surface area (Å²) in [4.78, 5) is 27.9. The van der Waals surface area contributed by atoms with Crippen LogP contribution in [0.2, 0.25) is 0 Å². The number of amides is 1. The van der Waals surface area contributed by atoms with Gasteiger partial charge in [0.25, 0.3) is 0 Å². The van der Waals surface area contributed by atoms with Crippen LogP contribution in [0.5, 0.6) is 0 Å². The fraction of sp³-hybridized carbons (Fsp3) is 0.619. The molecule has 0 radical (unpaired) electrons. The highest BCUT2D eigenvalue weighted by Crippen LogP contribution is 2.40. The predicted octanol–water partition coefficient (Wildman–Crippen LogP) is 3.18. The van der Waals surface area contributed by atoms with Gasteiger partial charge in [-0.3, -0.25) is 9.69 Å². The molecule has 5 heteroatoms. The summed E-state index contributed by atoms with van der Waals surface area (Å²) in [5.41, 5.74) is 0.218. The summed E-state index contributed by atoms with van der Waals surface area (Å²) in [5, 5.41) is 3.35. The number of ketones is 1. The number of nitrogens with zero attached hydrogens (tertiary/aromatic N) is 1. The van der Waals surface area contributed by atoms with Crippen molar-refractivity contribution in [1.82, 2.24) is 10.2 Å². The van der Waals surface area contributed by atoms with Crippen molar-refractivity contribution >= 4 is 11.9 Å². The van der Waals surface area contributed by atoms with Crippen LogP contribution in [-0.4, -0.2) is 48.1 Å². The Morgan fingerprint density at radius 1 is 1.19 bits per heavy atom. The average Bonchev–Trinajstić information content (AvgIpc) is 2.59. The first-order valence-corrected chi connectivity index (χ1v) is 9.59. The number of carbonyl (C=O) groups is 2. The molecule has 1 atom stereocenters. The Labute approximate surface area is 156 Å². The number of carbonyl (C=O) groups excluding carboxylic acids is 2. The smallest absolute Gasteiger partial charge is 0.410 e. The summed E-state index contributed by atoms with van der Waals surface area (Å²) in [6.07, 6.45) is 2.63. The van der Waals surface area contributed by atoms with E-state index in [9.17, 15) is 9.59 Å². The van der Waals surface area contributed by atoms with E-state index in [0.717, 1.165) is 37.9 Å². The van der Waals surface area contributed by atoms with Crippen molar-refractivity contribution in [2.75, 3.05) is 19.6 Å². The molecule has 2 heterocycles. The number of hydrogen-bond acceptors (Lipinski definition) is 4. The Kier molecular flexibility index (Phi) is 5.37. The Bertz CT molecular complexity index is 645. The van der Waals surface area contributed by atoms with Gasteiger partial charge in [0, 0.05) is 18.4 Å². The van der Waals surface area contributed by atoms with Gasteiger partial charge in [-0.05, 0) is 58.7 Å². The fourth-order valence-electron chi connectivity index (χ4n) is 4.09. The number of rotatable bonds is 2. The van der Waals surface area contributed by atoms with Crippen LogP contribution in [0, 0.1) is 5.41 Å². The largest absolute Gasteiger partial charge is 0.444 e. The highest BCUT2D eigenvalue weighted by atomic mass is 16.6. The molecule has 0 saturated carbocycles. The van der Waals surface area contributed by atoms with Gasteiger partial charge in [0.2, 0.25) is 0 Å². The minimum Gasteiger partial charge on any atom is -0.444 e. The maximum atomic E-state index is 13.5. The third-order valence-electron chi connectivity index (χ3n) is 5.49. The second kappa shape index (κ2) is 7.39. The van der Waals surface area contributed by atoms with E-state index in [0.29, 0.717) is 13.0 Å². The van der Waals surface area contributed by atoms with E-state index < -0.39 is 11.6 Å². The molecular formula is C21H30N2O3. The summed E-state index contributed by atoms with van der Waals surface area (Å²) >= 11 is 0. The number of Topliss-reactive ketones (excluding diaryl/α,β-unsaturated/α-hetero) is 1. The van der Waals surface area contributed by atoms with Gasteiger partial charge in [-0.2, -0.15) is 0 Å². The monoisotopic (exact) mass is 358 g/mol. The van der Waals surface area contributed by atoms with E-state index >= 15 is 0 Å². The van der Waals surface area contributed by atoms with Crippen LogP contribution >= 0.6 is 0 Å². The lowest BCUT2D eigenvalue weighted by Gasteiger charge is -2.47. The van der Waals surface area contributed by atoms with Gasteiger partial charge >= 0.3 is 6.09 Å². The van der Waals surface area contributed by atoms with Crippen LogP contribution in [0.1, 0.15) is 45.6 Å². The molecule has 142 valence electrons. The van der Waals surface area contributed by atoms with Crippen molar-refractivity contribution in [3.63, 3.8) is 0 Å². The molecule has 0 aromatic heterocycles. The summed E-state index contributed by atoms with van der Waals surface area (Å²) in [5.74, 6) is 0.208. The third kappa shape index (κ3) is 4.09. The molecule has 26 heavy (non-hydrogen) atoms. The molecule has 2 aliphatic rings. The summed E-state index contributed by atoms with van der Waals surface area (Å²) < 4.78 is 5.59. The molecule has 1 aromatic carbocycles. The van der Waals surface area contributed by atoms with Crippen LogP contribution in [0.3, 0.4) is 0 Å². The van der Waals surface area contributed by atoms with Gasteiger partial charge in [0.15, 0.2) is 5.78 Å². The Balaban J connectivity index is 1.86. The lowest BCUT2D eigenvalue weighted by atomic mass is 9.67. The lowest BCUT2D eigenvalue weighted by molar-refractivity contribution is -0.141. The molecular weight excluding hydrogens is 328 g/mol. The number of piperidine rings is 2. The predicted molar refractivity (Wildman–Crippen MR) is 101 cm³/mol. The average molecular weight is 358 g/mol. The van der Waals surface area contributed by atoms with Crippen LogP contribution in [0.4, 0.5) is 4.79 Å². The molecule has 2 fully saturated rings. The maximum Gasteiger partial charge on any atom is 0.410 e. The normalized spacial score (nSPS) is 23.1. The second-order valence-corrected chi connectivity index (χ2v) is 8.52. The van der Waals surface area contributed by atoms with E-state index in [-0.39, 0.29) is 17.3 Å². The Morgan fingerprint density at radius 3 is 2.46 bits per heavy atom. The molecule has 0 bridgehead atoms. The molecule has 2 aliphatic heterocycles. The SMILES string of the molecule is CC(C)(C)OC(=O)N1CCC2(CCNCC2)C(=O)C1Cc1ccccc1. The lowest BCUT2D eigenvalue weighted by Crippen LogP contribution is -2.60. The first-order valence-electron chi connectivity index (χ1n) is 9.59. The van der Waals surface area contributed by atoms with Gasteiger partial charge in [-0.1, -0.05) is 30.3 Å². The Hall–Kier alpha value is -1.88. The topological polar surface area (TPSA) is 58.6 Å². The van der Waals surface area contributed by atoms with Crippen molar-refractivity contribution in [2.24, 2.45) is 5.41 Å².